The van der Waals surface area contributed by atoms with Gasteiger partial charge in [0.2, 0.25) is 0 Å². The maximum Gasteiger partial charge on any atom is 0.737 e. The first-order chi connectivity index (χ1) is 20.3. The van der Waals surface area contributed by atoms with Crippen LogP contribution in [0.25, 0.3) is 27.4 Å². The van der Waals surface area contributed by atoms with Crippen LogP contribution in [0.2, 0.25) is 0 Å². The van der Waals surface area contributed by atoms with Gasteiger partial charge in [0.25, 0.3) is 0 Å². The van der Waals surface area contributed by atoms with Crippen LogP contribution >= 0.6 is 0 Å². The maximum absolute atomic E-state index is 16.3. The molecule has 0 aliphatic carbocycles. The van der Waals surface area contributed by atoms with Gasteiger partial charge in [0.05, 0.1) is 5.57 Å². The molecule has 0 amide bonds. The molecule has 3 aromatic carbocycles. The highest BCUT2D eigenvalue weighted by atomic mass is 19.2. The van der Waals surface area contributed by atoms with Gasteiger partial charge < -0.3 is 26.7 Å². The summed E-state index contributed by atoms with van der Waals surface area (Å²) >= 11 is 0. The fourth-order valence-corrected chi connectivity index (χ4v) is 7.01. The Kier molecular flexibility index (Phi) is 5.21. The summed E-state index contributed by atoms with van der Waals surface area (Å²) in [4.78, 5) is 0. The zero-order valence-electron chi connectivity index (χ0n) is 23.7. The van der Waals surface area contributed by atoms with Gasteiger partial charge >= 0.3 is 6.97 Å². The van der Waals surface area contributed by atoms with Crippen molar-refractivity contribution in [1.29, 1.82) is 0 Å². The molecular formula is C35H29BF2N4. The molecule has 0 unspecified atom stereocenters. The minimum Gasteiger partial charge on any atom is -0.396 e. The summed E-state index contributed by atoms with van der Waals surface area (Å²) in [5.74, 6) is -0.259. The molecule has 0 fully saturated rings. The van der Waals surface area contributed by atoms with Crippen LogP contribution in [0.5, 0.6) is 0 Å². The van der Waals surface area contributed by atoms with E-state index in [2.05, 4.69) is 45.8 Å². The number of rotatable bonds is 4. The number of benzene rings is 3. The largest absolute Gasteiger partial charge is 0.737 e. The lowest BCUT2D eigenvalue weighted by Crippen LogP contribution is -2.49. The summed E-state index contributed by atoms with van der Waals surface area (Å²) in [5, 5.41) is 2.24. The van der Waals surface area contributed by atoms with Gasteiger partial charge in [-0.25, -0.2) is 0 Å². The third-order valence-electron chi connectivity index (χ3n) is 8.98. The van der Waals surface area contributed by atoms with Crippen LogP contribution in [0, 0.1) is 6.92 Å². The van der Waals surface area contributed by atoms with Crippen LogP contribution < -0.4 is 0 Å². The van der Waals surface area contributed by atoms with Gasteiger partial charge in [-0.3, -0.25) is 0 Å². The summed E-state index contributed by atoms with van der Waals surface area (Å²) in [6.45, 7) is -2.05. The van der Waals surface area contributed by atoms with E-state index in [0.29, 0.717) is 11.4 Å². The molecule has 42 heavy (non-hydrogen) atoms. The number of nitrogens with zero attached hydrogens (tertiary/aromatic N) is 4. The van der Waals surface area contributed by atoms with Crippen molar-refractivity contribution in [3.8, 4) is 0 Å². The van der Waals surface area contributed by atoms with Crippen LogP contribution in [0.3, 0.4) is 0 Å². The average molecular weight is 554 g/mol. The number of aromatic nitrogens is 3. The second kappa shape index (κ2) is 8.80. The molecule has 206 valence electrons. The quantitative estimate of drug-likeness (QED) is 0.200. The van der Waals surface area contributed by atoms with Crippen molar-refractivity contribution < 1.29 is 13.1 Å². The summed E-state index contributed by atoms with van der Waals surface area (Å²) in [7, 11) is 4.09. The first-order valence-corrected chi connectivity index (χ1v) is 14.3. The highest BCUT2D eigenvalue weighted by molar-refractivity contribution is 6.57. The van der Waals surface area contributed by atoms with Crippen LogP contribution in [-0.2, 0) is 14.1 Å². The molecule has 5 heterocycles. The van der Waals surface area contributed by atoms with Crippen molar-refractivity contribution in [2.75, 3.05) is 0 Å². The second-order valence-corrected chi connectivity index (χ2v) is 11.6. The smallest absolute Gasteiger partial charge is 0.396 e. The van der Waals surface area contributed by atoms with Crippen LogP contribution in [-0.4, -0.2) is 31.3 Å². The van der Waals surface area contributed by atoms with E-state index in [9.17, 15) is 0 Å². The zero-order chi connectivity index (χ0) is 28.7. The van der Waals surface area contributed by atoms with Gasteiger partial charge in [-0.15, -0.1) is 0 Å². The van der Waals surface area contributed by atoms with E-state index in [1.54, 1.807) is 18.3 Å². The number of hydrogen-bond donors (Lipinski definition) is 0. The third kappa shape index (κ3) is 3.43. The highest BCUT2D eigenvalue weighted by Crippen LogP contribution is 2.45. The summed E-state index contributed by atoms with van der Waals surface area (Å²) < 4.78 is 39.3. The van der Waals surface area contributed by atoms with Crippen molar-refractivity contribution >= 4 is 40.6 Å². The molecule has 4 nitrogen and oxygen atoms in total. The molecule has 0 saturated heterocycles. The topological polar surface area (TPSA) is 17.8 Å². The molecule has 0 spiro atoms. The molecule has 7 heteroatoms. The Bertz CT molecular complexity index is 2070. The van der Waals surface area contributed by atoms with Gasteiger partial charge in [0, 0.05) is 72.1 Å². The monoisotopic (exact) mass is 554 g/mol. The molecule has 0 radical (unpaired) electrons. The average Bonchev–Trinajstić information content (AvgIpc) is 3.78. The van der Waals surface area contributed by atoms with Crippen LogP contribution in [0.4, 0.5) is 8.63 Å². The Balaban J connectivity index is 1.43. The van der Waals surface area contributed by atoms with E-state index < -0.39 is 6.97 Å². The van der Waals surface area contributed by atoms with Crippen molar-refractivity contribution in [3.05, 3.63) is 149 Å². The van der Waals surface area contributed by atoms with Gasteiger partial charge in [-0.05, 0) is 53.6 Å². The normalized spacial score (nSPS) is 15.6. The van der Waals surface area contributed by atoms with E-state index in [0.717, 1.165) is 59.7 Å². The molecule has 3 aromatic heterocycles. The Morgan fingerprint density at radius 1 is 0.762 bits per heavy atom. The number of para-hydroxylation sites is 2. The molecule has 0 atom stereocenters. The van der Waals surface area contributed by atoms with E-state index in [4.69, 9.17) is 0 Å². The van der Waals surface area contributed by atoms with Crippen molar-refractivity contribution in [3.63, 3.8) is 0 Å². The number of aryl methyl sites for hydroxylation is 3. The van der Waals surface area contributed by atoms with Crippen LogP contribution in [0.1, 0.15) is 39.4 Å². The van der Waals surface area contributed by atoms with Gasteiger partial charge in [0.15, 0.2) is 5.70 Å². The molecule has 6 aromatic rings. The Labute approximate surface area is 242 Å². The van der Waals surface area contributed by atoms with E-state index in [1.807, 2.05) is 75.6 Å². The fraction of sp³-hybridized carbons (Fsp3) is 0.114. The SMILES string of the molecule is Cc1ccc(C2=C3C=CC=[N+]3[B-](F)(F)n3cc(C(c4cn(C)c5ccccc45)c4cn(C)c5ccccc45)cc32)cc1. The third-order valence-corrected chi connectivity index (χ3v) is 8.98. The second-order valence-electron chi connectivity index (χ2n) is 11.6. The van der Waals surface area contributed by atoms with Crippen LogP contribution in [0.15, 0.2) is 115 Å². The number of fused-ring (bicyclic) bond motifs is 4. The van der Waals surface area contributed by atoms with E-state index in [1.165, 1.54) is 10.7 Å². The van der Waals surface area contributed by atoms with Crippen molar-refractivity contribution in [2.45, 2.75) is 12.8 Å². The van der Waals surface area contributed by atoms with Crippen molar-refractivity contribution in [1.82, 2.24) is 13.6 Å². The van der Waals surface area contributed by atoms with E-state index >= 15 is 8.63 Å². The fourth-order valence-electron chi connectivity index (χ4n) is 7.01. The molecule has 0 saturated carbocycles. The number of hydrogen-bond acceptors (Lipinski definition) is 0. The van der Waals surface area contributed by atoms with Crippen molar-refractivity contribution in [2.24, 2.45) is 14.1 Å². The number of allylic oxidation sites excluding steroid dienone is 2. The van der Waals surface area contributed by atoms with Gasteiger partial charge in [-0.2, -0.15) is 0 Å². The summed E-state index contributed by atoms with van der Waals surface area (Å²) in [5.41, 5.74) is 9.19. The Morgan fingerprint density at radius 3 is 1.98 bits per heavy atom. The minimum atomic E-state index is -4.08. The molecule has 0 bridgehead atoms. The molecule has 2 aliphatic rings. The van der Waals surface area contributed by atoms with E-state index in [-0.39, 0.29) is 5.92 Å². The predicted octanol–water partition coefficient (Wildman–Crippen LogP) is 7.61. The summed E-state index contributed by atoms with van der Waals surface area (Å²) in [6.07, 6.45) is 11.0. The predicted molar refractivity (Wildman–Crippen MR) is 167 cm³/mol. The maximum atomic E-state index is 16.3. The lowest BCUT2D eigenvalue weighted by molar-refractivity contribution is -0.356. The zero-order valence-corrected chi connectivity index (χ0v) is 23.7. The standard InChI is InChI=1S/C35H29BF2N4/c1-23-14-16-24(17-15-23)35-32-13-8-18-41(32)36(37,38)42-20-25(19-33(35)42)34(28-21-39(2)30-11-6-4-9-26(28)30)29-22-40(3)31-12-7-5-10-27(29)31/h4-22,34H,1-3H3. The highest BCUT2D eigenvalue weighted by Gasteiger charge is 2.52. The first kappa shape index (κ1) is 24.9. The molecule has 0 N–H and O–H groups in total. The number of halogens is 2. The first-order valence-electron chi connectivity index (χ1n) is 14.3. The molecular weight excluding hydrogens is 525 g/mol. The Hall–Kier alpha value is -4.91. The molecule has 2 aliphatic heterocycles. The van der Waals surface area contributed by atoms with Gasteiger partial charge in [0.1, 0.15) is 6.21 Å². The molecule has 8 rings (SSSR count). The summed E-state index contributed by atoms with van der Waals surface area (Å²) in [6, 6.07) is 26.8. The Morgan fingerprint density at radius 2 is 1.36 bits per heavy atom. The lowest BCUT2D eigenvalue weighted by atomic mass is 9.85. The van der Waals surface area contributed by atoms with Gasteiger partial charge in [-0.1, -0.05) is 66.2 Å². The minimum absolute atomic E-state index is 0.259. The lowest BCUT2D eigenvalue weighted by Gasteiger charge is -2.30.